The van der Waals surface area contributed by atoms with Gasteiger partial charge in [0.05, 0.1) is 17.3 Å². The smallest absolute Gasteiger partial charge is 0.394 e. The predicted molar refractivity (Wildman–Crippen MR) is 72.1 cm³/mol. The van der Waals surface area contributed by atoms with Crippen molar-refractivity contribution in [1.29, 1.82) is 0 Å². The lowest BCUT2D eigenvalue weighted by atomic mass is 10.0. The third-order valence-corrected chi connectivity index (χ3v) is 2.93. The Labute approximate surface area is 120 Å². The Morgan fingerprint density at radius 1 is 1.45 bits per heavy atom. The average Bonchev–Trinajstić information content (AvgIpc) is 2.40. The molecule has 0 aliphatic rings. The van der Waals surface area contributed by atoms with Gasteiger partial charge in [0.25, 0.3) is 0 Å². The molecule has 1 aromatic rings. The molecule has 1 atom stereocenters. The molecule has 0 radical (unpaired) electrons. The summed E-state index contributed by atoms with van der Waals surface area (Å²) in [5.41, 5.74) is -2.36. The molecule has 0 saturated carbocycles. The number of para-hydroxylation sites is 1. The molecule has 0 saturated heterocycles. The Kier molecular flexibility index (Phi) is 5.04. The highest BCUT2D eigenvalue weighted by Crippen LogP contribution is 2.23. The van der Waals surface area contributed by atoms with E-state index in [1.54, 1.807) is 12.1 Å². The molecule has 0 bridgehead atoms. The van der Waals surface area contributed by atoms with Gasteiger partial charge in [-0.05, 0) is 19.1 Å². The van der Waals surface area contributed by atoms with Crippen LogP contribution in [-0.4, -0.2) is 28.9 Å². The maximum absolute atomic E-state index is 12.0. The van der Waals surface area contributed by atoms with E-state index in [9.17, 15) is 19.7 Å². The zero-order valence-corrected chi connectivity index (χ0v) is 11.6. The normalized spacial score (nSPS) is 13.2. The lowest BCUT2D eigenvalue weighted by molar-refractivity contribution is -0.533. The number of amides is 1. The van der Waals surface area contributed by atoms with Crippen LogP contribution >= 0.6 is 11.6 Å². The summed E-state index contributed by atoms with van der Waals surface area (Å²) in [4.78, 5) is 33.8. The summed E-state index contributed by atoms with van der Waals surface area (Å²) in [5.74, 6) is -2.34. The Morgan fingerprint density at radius 3 is 2.55 bits per heavy atom. The summed E-state index contributed by atoms with van der Waals surface area (Å²) in [7, 11) is 0. The van der Waals surface area contributed by atoms with Gasteiger partial charge in [0, 0.05) is 11.8 Å². The molecule has 108 valence electrons. The third kappa shape index (κ3) is 3.05. The Morgan fingerprint density at radius 2 is 2.05 bits per heavy atom. The maximum Gasteiger partial charge on any atom is 0.394 e. The molecule has 1 aromatic carbocycles. The van der Waals surface area contributed by atoms with Gasteiger partial charge in [0.2, 0.25) is 0 Å². The number of nitro groups is 1. The first kappa shape index (κ1) is 15.9. The van der Waals surface area contributed by atoms with E-state index in [1.165, 1.54) is 19.1 Å². The minimum absolute atomic E-state index is 0.0678. The van der Waals surface area contributed by atoms with Crippen molar-refractivity contribution in [2.45, 2.75) is 19.4 Å². The van der Waals surface area contributed by atoms with E-state index in [0.717, 1.165) is 6.92 Å². The molecule has 0 fully saturated rings. The SMILES string of the molecule is CCOC(=O)C(C)(C(=O)Nc1ccccc1Cl)[N+](=O)[O-]. The van der Waals surface area contributed by atoms with Gasteiger partial charge in [-0.3, -0.25) is 14.9 Å². The van der Waals surface area contributed by atoms with Crippen LogP contribution in [0.2, 0.25) is 5.02 Å². The fourth-order valence-electron chi connectivity index (χ4n) is 1.33. The molecule has 1 amide bonds. The highest BCUT2D eigenvalue weighted by atomic mass is 35.5. The number of halogens is 1. The number of ether oxygens (including phenoxy) is 1. The van der Waals surface area contributed by atoms with Gasteiger partial charge in [-0.15, -0.1) is 0 Å². The van der Waals surface area contributed by atoms with Crippen molar-refractivity contribution in [2.24, 2.45) is 0 Å². The Hall–Kier alpha value is -2.15. The van der Waals surface area contributed by atoms with E-state index in [-0.39, 0.29) is 17.3 Å². The van der Waals surface area contributed by atoms with Crippen molar-refractivity contribution < 1.29 is 19.2 Å². The minimum atomic E-state index is -2.53. The molecule has 0 aliphatic heterocycles. The van der Waals surface area contributed by atoms with Crippen LogP contribution in [0, 0.1) is 10.1 Å². The fourth-order valence-corrected chi connectivity index (χ4v) is 1.51. The van der Waals surface area contributed by atoms with Gasteiger partial charge in [-0.25, -0.2) is 4.79 Å². The van der Waals surface area contributed by atoms with Crippen molar-refractivity contribution in [3.8, 4) is 0 Å². The number of carbonyl (C=O) groups excluding carboxylic acids is 2. The van der Waals surface area contributed by atoms with Crippen LogP contribution in [0.1, 0.15) is 13.8 Å². The van der Waals surface area contributed by atoms with E-state index in [2.05, 4.69) is 10.1 Å². The molecule has 1 unspecified atom stereocenters. The van der Waals surface area contributed by atoms with Crippen LogP contribution in [0.4, 0.5) is 5.69 Å². The number of hydrogen-bond donors (Lipinski definition) is 1. The number of rotatable bonds is 5. The summed E-state index contributed by atoms with van der Waals surface area (Å²) < 4.78 is 4.58. The second-order valence-electron chi connectivity index (χ2n) is 3.98. The number of benzene rings is 1. The van der Waals surface area contributed by atoms with Crippen LogP contribution in [0.5, 0.6) is 0 Å². The average molecular weight is 301 g/mol. The van der Waals surface area contributed by atoms with Crippen molar-refractivity contribution in [2.75, 3.05) is 11.9 Å². The Balaban J connectivity index is 3.05. The topological polar surface area (TPSA) is 98.5 Å². The molecule has 0 heterocycles. The number of carbonyl (C=O) groups is 2. The molecule has 1 N–H and O–H groups in total. The number of nitrogens with one attached hydrogen (secondary N) is 1. The van der Waals surface area contributed by atoms with E-state index in [0.29, 0.717) is 0 Å². The molecular weight excluding hydrogens is 288 g/mol. The number of nitrogens with zero attached hydrogens (tertiary/aromatic N) is 1. The molecule has 0 aliphatic carbocycles. The van der Waals surface area contributed by atoms with Gasteiger partial charge in [0.15, 0.2) is 0 Å². The van der Waals surface area contributed by atoms with Crippen molar-refractivity contribution in [3.63, 3.8) is 0 Å². The van der Waals surface area contributed by atoms with Crippen molar-refractivity contribution in [1.82, 2.24) is 0 Å². The van der Waals surface area contributed by atoms with E-state index in [4.69, 9.17) is 11.6 Å². The van der Waals surface area contributed by atoms with E-state index < -0.39 is 22.3 Å². The summed E-state index contributed by atoms with van der Waals surface area (Å²) in [6.45, 7) is 2.31. The van der Waals surface area contributed by atoms with Crippen LogP contribution in [0.3, 0.4) is 0 Å². The summed E-state index contributed by atoms with van der Waals surface area (Å²) in [6.07, 6.45) is 0. The maximum atomic E-state index is 12.0. The summed E-state index contributed by atoms with van der Waals surface area (Å²) >= 11 is 5.84. The monoisotopic (exact) mass is 300 g/mol. The zero-order chi connectivity index (χ0) is 15.3. The van der Waals surface area contributed by atoms with Gasteiger partial charge in [-0.2, -0.15) is 0 Å². The van der Waals surface area contributed by atoms with Gasteiger partial charge in [0.1, 0.15) is 0 Å². The van der Waals surface area contributed by atoms with Crippen molar-refractivity contribution in [3.05, 3.63) is 39.4 Å². The highest BCUT2D eigenvalue weighted by molar-refractivity contribution is 6.34. The Bertz CT molecular complexity index is 548. The number of esters is 1. The molecule has 8 heteroatoms. The van der Waals surface area contributed by atoms with Gasteiger partial charge >= 0.3 is 17.4 Å². The second kappa shape index (κ2) is 6.33. The van der Waals surface area contributed by atoms with Crippen LogP contribution in [0.25, 0.3) is 0 Å². The van der Waals surface area contributed by atoms with Crippen molar-refractivity contribution >= 4 is 29.2 Å². The minimum Gasteiger partial charge on any atom is -0.460 e. The second-order valence-corrected chi connectivity index (χ2v) is 4.39. The quantitative estimate of drug-likeness (QED) is 0.387. The fraction of sp³-hybridized carbons (Fsp3) is 0.333. The largest absolute Gasteiger partial charge is 0.460 e. The van der Waals surface area contributed by atoms with Crippen LogP contribution in [-0.2, 0) is 14.3 Å². The van der Waals surface area contributed by atoms with E-state index in [1.807, 2.05) is 0 Å². The van der Waals surface area contributed by atoms with Gasteiger partial charge in [-0.1, -0.05) is 23.7 Å². The first-order valence-electron chi connectivity index (χ1n) is 5.71. The van der Waals surface area contributed by atoms with E-state index >= 15 is 0 Å². The third-order valence-electron chi connectivity index (χ3n) is 2.60. The zero-order valence-electron chi connectivity index (χ0n) is 10.9. The molecule has 0 spiro atoms. The summed E-state index contributed by atoms with van der Waals surface area (Å²) in [6, 6.07) is 6.20. The molecule has 0 aromatic heterocycles. The molecule has 20 heavy (non-hydrogen) atoms. The van der Waals surface area contributed by atoms with Crippen LogP contribution < -0.4 is 5.32 Å². The molecule has 7 nitrogen and oxygen atoms in total. The lowest BCUT2D eigenvalue weighted by Gasteiger charge is -2.18. The first-order valence-corrected chi connectivity index (χ1v) is 6.09. The highest BCUT2D eigenvalue weighted by Gasteiger charge is 2.55. The molecular formula is C12H13ClN2O5. The first-order chi connectivity index (χ1) is 9.33. The standard InChI is InChI=1S/C12H13ClN2O5/c1-3-20-11(17)12(2,15(18)19)10(16)14-9-7-5-4-6-8(9)13/h4-7H,3H2,1-2H3,(H,14,16). The number of hydrogen-bond acceptors (Lipinski definition) is 5. The molecule has 1 rings (SSSR count). The lowest BCUT2D eigenvalue weighted by Crippen LogP contribution is -2.54. The van der Waals surface area contributed by atoms with Crippen LogP contribution in [0.15, 0.2) is 24.3 Å². The summed E-state index contributed by atoms with van der Waals surface area (Å²) in [5, 5.41) is 13.5. The van der Waals surface area contributed by atoms with Gasteiger partial charge < -0.3 is 10.1 Å². The predicted octanol–water partition coefficient (Wildman–Crippen LogP) is 1.88. The number of anilines is 1.